The molecule has 1 atom stereocenters. The predicted molar refractivity (Wildman–Crippen MR) is 86.5 cm³/mol. The van der Waals surface area contributed by atoms with Crippen molar-refractivity contribution < 1.29 is 9.59 Å². The molecule has 5 heteroatoms. The lowest BCUT2D eigenvalue weighted by Crippen LogP contribution is -2.39. The third-order valence-corrected chi connectivity index (χ3v) is 3.89. The highest BCUT2D eigenvalue weighted by molar-refractivity contribution is 5.79. The van der Waals surface area contributed by atoms with Gasteiger partial charge in [-0.25, -0.2) is 4.79 Å². The van der Waals surface area contributed by atoms with Crippen LogP contribution in [0.3, 0.4) is 0 Å². The molecule has 1 saturated heterocycles. The van der Waals surface area contributed by atoms with Crippen molar-refractivity contribution in [3.8, 4) is 0 Å². The molecule has 1 aromatic rings. The zero-order chi connectivity index (χ0) is 15.8. The molecule has 0 aliphatic carbocycles. The number of nitrogens with zero attached hydrogens (tertiary/aromatic N) is 1. The van der Waals surface area contributed by atoms with E-state index in [0.717, 1.165) is 25.9 Å². The molecule has 22 heavy (non-hydrogen) atoms. The number of rotatable bonds is 7. The summed E-state index contributed by atoms with van der Waals surface area (Å²) in [7, 11) is 0. The first kappa shape index (κ1) is 16.3. The zero-order valence-electron chi connectivity index (χ0n) is 13.2. The largest absolute Gasteiger partial charge is 0.342 e. The lowest BCUT2D eigenvalue weighted by molar-refractivity contribution is -0.127. The van der Waals surface area contributed by atoms with Crippen LogP contribution in [-0.4, -0.2) is 43.0 Å². The van der Waals surface area contributed by atoms with Crippen LogP contribution in [0.15, 0.2) is 30.3 Å². The highest BCUT2D eigenvalue weighted by Gasteiger charge is 2.29. The Morgan fingerprint density at radius 1 is 1.27 bits per heavy atom. The molecule has 1 unspecified atom stereocenters. The number of carbonyl (C=O) groups excluding carboxylic acids is 2. The SMILES string of the molecule is CCCNC(=O)NCC1CC(=O)N(CCc2ccccc2)C1. The maximum atomic E-state index is 12.0. The summed E-state index contributed by atoms with van der Waals surface area (Å²) in [5.74, 6) is 0.410. The molecule has 0 radical (unpaired) electrons. The summed E-state index contributed by atoms with van der Waals surface area (Å²) < 4.78 is 0. The second kappa shape index (κ2) is 8.41. The van der Waals surface area contributed by atoms with Gasteiger partial charge in [-0.3, -0.25) is 4.79 Å². The summed E-state index contributed by atoms with van der Waals surface area (Å²) in [4.78, 5) is 25.4. The molecule has 0 aromatic heterocycles. The number of hydrogen-bond donors (Lipinski definition) is 2. The molecule has 1 aliphatic heterocycles. The summed E-state index contributed by atoms with van der Waals surface area (Å²) in [6.07, 6.45) is 2.33. The van der Waals surface area contributed by atoms with Gasteiger partial charge >= 0.3 is 6.03 Å². The fourth-order valence-electron chi connectivity index (χ4n) is 2.65. The van der Waals surface area contributed by atoms with Crippen molar-refractivity contribution in [2.45, 2.75) is 26.2 Å². The summed E-state index contributed by atoms with van der Waals surface area (Å²) in [6, 6.07) is 10.0. The second-order valence-corrected chi connectivity index (χ2v) is 5.78. The van der Waals surface area contributed by atoms with Crippen molar-refractivity contribution in [2.24, 2.45) is 5.92 Å². The Kier molecular flexibility index (Phi) is 6.25. The van der Waals surface area contributed by atoms with Gasteiger partial charge in [0.2, 0.25) is 5.91 Å². The van der Waals surface area contributed by atoms with E-state index in [1.54, 1.807) is 0 Å². The highest BCUT2D eigenvalue weighted by atomic mass is 16.2. The lowest BCUT2D eigenvalue weighted by atomic mass is 10.1. The van der Waals surface area contributed by atoms with Crippen LogP contribution in [0.25, 0.3) is 0 Å². The third kappa shape index (κ3) is 5.06. The molecule has 120 valence electrons. The fourth-order valence-corrected chi connectivity index (χ4v) is 2.65. The number of amides is 3. The van der Waals surface area contributed by atoms with E-state index >= 15 is 0 Å². The molecular formula is C17H25N3O2. The monoisotopic (exact) mass is 303 g/mol. The molecule has 2 rings (SSSR count). The van der Waals surface area contributed by atoms with Crippen LogP contribution in [0.4, 0.5) is 4.79 Å². The summed E-state index contributed by atoms with van der Waals surface area (Å²) in [5, 5.41) is 5.62. The summed E-state index contributed by atoms with van der Waals surface area (Å²) in [5.41, 5.74) is 1.25. The maximum absolute atomic E-state index is 12.0. The van der Waals surface area contributed by atoms with E-state index in [1.807, 2.05) is 30.0 Å². The lowest BCUT2D eigenvalue weighted by Gasteiger charge is -2.17. The van der Waals surface area contributed by atoms with E-state index in [4.69, 9.17) is 0 Å². The van der Waals surface area contributed by atoms with Gasteiger partial charge in [0, 0.05) is 38.5 Å². The van der Waals surface area contributed by atoms with Crippen molar-refractivity contribution >= 4 is 11.9 Å². The number of urea groups is 1. The van der Waals surface area contributed by atoms with Crippen LogP contribution < -0.4 is 10.6 Å². The molecule has 0 saturated carbocycles. The Morgan fingerprint density at radius 2 is 2.05 bits per heavy atom. The third-order valence-electron chi connectivity index (χ3n) is 3.89. The average molecular weight is 303 g/mol. The molecule has 5 nitrogen and oxygen atoms in total. The molecule has 0 spiro atoms. The van der Waals surface area contributed by atoms with Crippen LogP contribution in [0.2, 0.25) is 0 Å². The number of benzene rings is 1. The van der Waals surface area contributed by atoms with Gasteiger partial charge < -0.3 is 15.5 Å². The van der Waals surface area contributed by atoms with E-state index in [0.29, 0.717) is 19.5 Å². The molecule has 0 bridgehead atoms. The van der Waals surface area contributed by atoms with Gasteiger partial charge in [-0.2, -0.15) is 0 Å². The number of carbonyl (C=O) groups is 2. The first-order valence-corrected chi connectivity index (χ1v) is 8.02. The topological polar surface area (TPSA) is 61.4 Å². The van der Waals surface area contributed by atoms with Crippen LogP contribution in [0.1, 0.15) is 25.3 Å². The Balaban J connectivity index is 1.70. The smallest absolute Gasteiger partial charge is 0.314 e. The highest BCUT2D eigenvalue weighted by Crippen LogP contribution is 2.17. The summed E-state index contributed by atoms with van der Waals surface area (Å²) >= 11 is 0. The number of nitrogens with one attached hydrogen (secondary N) is 2. The molecule has 1 heterocycles. The molecule has 2 N–H and O–H groups in total. The average Bonchev–Trinajstić information content (AvgIpc) is 2.90. The Hall–Kier alpha value is -2.04. The number of hydrogen-bond acceptors (Lipinski definition) is 2. The fraction of sp³-hybridized carbons (Fsp3) is 0.529. The number of likely N-dealkylation sites (tertiary alicyclic amines) is 1. The van der Waals surface area contributed by atoms with Gasteiger partial charge in [-0.15, -0.1) is 0 Å². The first-order chi connectivity index (χ1) is 10.7. The maximum Gasteiger partial charge on any atom is 0.314 e. The standard InChI is InChI=1S/C17H25N3O2/c1-2-9-18-17(22)19-12-15-11-16(21)20(13-15)10-8-14-6-4-3-5-7-14/h3-7,15H,2,8-13H2,1H3,(H2,18,19,22). The minimum atomic E-state index is -0.142. The zero-order valence-corrected chi connectivity index (χ0v) is 13.2. The van der Waals surface area contributed by atoms with Gasteiger partial charge in [0.1, 0.15) is 0 Å². The minimum Gasteiger partial charge on any atom is -0.342 e. The Morgan fingerprint density at radius 3 is 2.77 bits per heavy atom. The van der Waals surface area contributed by atoms with Gasteiger partial charge in [-0.05, 0) is 18.4 Å². The molecule has 3 amide bonds. The van der Waals surface area contributed by atoms with Crippen molar-refractivity contribution in [1.82, 2.24) is 15.5 Å². The quantitative estimate of drug-likeness (QED) is 0.806. The van der Waals surface area contributed by atoms with E-state index in [2.05, 4.69) is 22.8 Å². The van der Waals surface area contributed by atoms with Crippen molar-refractivity contribution in [1.29, 1.82) is 0 Å². The van der Waals surface area contributed by atoms with Gasteiger partial charge in [0.05, 0.1) is 0 Å². The Bertz CT molecular complexity index is 490. The predicted octanol–water partition coefficient (Wildman–Crippen LogP) is 1.79. The minimum absolute atomic E-state index is 0.142. The normalized spacial score (nSPS) is 17.6. The molecule has 1 aromatic carbocycles. The van der Waals surface area contributed by atoms with Gasteiger partial charge in [0.25, 0.3) is 0 Å². The Labute approximate surface area is 132 Å². The van der Waals surface area contributed by atoms with E-state index in [-0.39, 0.29) is 17.9 Å². The summed E-state index contributed by atoms with van der Waals surface area (Å²) in [6.45, 7) is 4.74. The molecular weight excluding hydrogens is 278 g/mol. The molecule has 1 fully saturated rings. The molecule has 1 aliphatic rings. The van der Waals surface area contributed by atoms with Crippen LogP contribution in [0.5, 0.6) is 0 Å². The van der Waals surface area contributed by atoms with Crippen LogP contribution >= 0.6 is 0 Å². The van der Waals surface area contributed by atoms with E-state index in [9.17, 15) is 9.59 Å². The second-order valence-electron chi connectivity index (χ2n) is 5.78. The van der Waals surface area contributed by atoms with Crippen LogP contribution in [-0.2, 0) is 11.2 Å². The van der Waals surface area contributed by atoms with Crippen molar-refractivity contribution in [3.63, 3.8) is 0 Å². The van der Waals surface area contributed by atoms with E-state index < -0.39 is 0 Å². The first-order valence-electron chi connectivity index (χ1n) is 8.02. The van der Waals surface area contributed by atoms with E-state index in [1.165, 1.54) is 5.56 Å². The van der Waals surface area contributed by atoms with Crippen LogP contribution in [0, 0.1) is 5.92 Å². The van der Waals surface area contributed by atoms with Gasteiger partial charge in [-0.1, -0.05) is 37.3 Å². The van der Waals surface area contributed by atoms with Crippen molar-refractivity contribution in [3.05, 3.63) is 35.9 Å². The van der Waals surface area contributed by atoms with Gasteiger partial charge in [0.15, 0.2) is 0 Å². The van der Waals surface area contributed by atoms with Crippen molar-refractivity contribution in [2.75, 3.05) is 26.2 Å².